The Balaban J connectivity index is 2.14. The average molecular weight is 218 g/mol. The van der Waals surface area contributed by atoms with Crippen LogP contribution in [0.2, 0.25) is 0 Å². The summed E-state index contributed by atoms with van der Waals surface area (Å²) in [6, 6.07) is 4.87. The van der Waals surface area contributed by atoms with Crippen molar-refractivity contribution in [1.82, 2.24) is 0 Å². The van der Waals surface area contributed by atoms with Crippen LogP contribution in [0.1, 0.15) is 43.2 Å². The molecule has 1 aromatic carbocycles. The van der Waals surface area contributed by atoms with E-state index in [1.165, 1.54) is 43.2 Å². The molecule has 0 unspecified atom stereocenters. The van der Waals surface area contributed by atoms with E-state index >= 15 is 0 Å². The van der Waals surface area contributed by atoms with Crippen molar-refractivity contribution in [2.75, 3.05) is 11.1 Å². The fourth-order valence-electron chi connectivity index (χ4n) is 2.65. The van der Waals surface area contributed by atoms with Crippen molar-refractivity contribution in [3.63, 3.8) is 0 Å². The third-order valence-corrected chi connectivity index (χ3v) is 3.46. The first kappa shape index (κ1) is 11.3. The van der Waals surface area contributed by atoms with Crippen LogP contribution in [0.5, 0.6) is 0 Å². The Labute approximate surface area is 98.2 Å². The predicted molar refractivity (Wildman–Crippen MR) is 70.8 cm³/mol. The molecule has 0 spiro atoms. The molecule has 1 saturated carbocycles. The third kappa shape index (κ3) is 2.49. The van der Waals surface area contributed by atoms with Crippen molar-refractivity contribution in [1.29, 1.82) is 0 Å². The summed E-state index contributed by atoms with van der Waals surface area (Å²) in [6.45, 7) is 4.22. The smallest absolute Gasteiger partial charge is 0.0605 e. The third-order valence-electron chi connectivity index (χ3n) is 3.46. The van der Waals surface area contributed by atoms with Gasteiger partial charge in [0, 0.05) is 6.04 Å². The lowest BCUT2D eigenvalue weighted by molar-refractivity contribution is 0.462. The molecule has 1 aliphatic rings. The Morgan fingerprint density at radius 3 is 2.44 bits per heavy atom. The Morgan fingerprint density at radius 2 is 1.81 bits per heavy atom. The Hall–Kier alpha value is -1.18. The lowest BCUT2D eigenvalue weighted by Crippen LogP contribution is -2.23. The highest BCUT2D eigenvalue weighted by atomic mass is 14.9. The van der Waals surface area contributed by atoms with Gasteiger partial charge in [-0.25, -0.2) is 0 Å². The standard InChI is InChI=1S/C14H22N2/c1-10-8-11(2)14(13(15)9-10)16-12-6-4-3-5-7-12/h8-9,12,16H,3-7,15H2,1-2H3. The number of benzene rings is 1. The van der Waals surface area contributed by atoms with Crippen molar-refractivity contribution >= 4 is 11.4 Å². The van der Waals surface area contributed by atoms with Crippen molar-refractivity contribution in [3.05, 3.63) is 23.3 Å². The van der Waals surface area contributed by atoms with Gasteiger partial charge in [-0.2, -0.15) is 0 Å². The molecular weight excluding hydrogens is 196 g/mol. The van der Waals surface area contributed by atoms with Crippen LogP contribution in [0.4, 0.5) is 11.4 Å². The lowest BCUT2D eigenvalue weighted by atomic mass is 9.95. The first-order valence-electron chi connectivity index (χ1n) is 6.30. The summed E-state index contributed by atoms with van der Waals surface area (Å²) in [5.74, 6) is 0. The van der Waals surface area contributed by atoms with E-state index in [4.69, 9.17) is 5.73 Å². The molecule has 2 nitrogen and oxygen atoms in total. The molecule has 1 aromatic rings. The number of nitrogen functional groups attached to an aromatic ring is 1. The number of nitrogens with one attached hydrogen (secondary N) is 1. The Bertz CT molecular complexity index is 342. The van der Waals surface area contributed by atoms with Gasteiger partial charge in [-0.1, -0.05) is 25.3 Å². The maximum absolute atomic E-state index is 6.08. The van der Waals surface area contributed by atoms with E-state index < -0.39 is 0 Å². The monoisotopic (exact) mass is 218 g/mol. The highest BCUT2D eigenvalue weighted by molar-refractivity contribution is 5.71. The normalized spacial score (nSPS) is 17.4. The molecule has 0 aliphatic heterocycles. The minimum absolute atomic E-state index is 0.623. The highest BCUT2D eigenvalue weighted by Crippen LogP contribution is 2.28. The van der Waals surface area contributed by atoms with Crippen molar-refractivity contribution < 1.29 is 0 Å². The van der Waals surface area contributed by atoms with Gasteiger partial charge >= 0.3 is 0 Å². The lowest BCUT2D eigenvalue weighted by Gasteiger charge is -2.25. The van der Waals surface area contributed by atoms with Crippen LogP contribution in [0.25, 0.3) is 0 Å². The fraction of sp³-hybridized carbons (Fsp3) is 0.571. The molecule has 1 fully saturated rings. The molecule has 0 heterocycles. The van der Waals surface area contributed by atoms with Crippen LogP contribution in [0.3, 0.4) is 0 Å². The second-order valence-electron chi connectivity index (χ2n) is 5.03. The second kappa shape index (κ2) is 4.77. The molecule has 2 rings (SSSR count). The molecule has 16 heavy (non-hydrogen) atoms. The van der Waals surface area contributed by atoms with Gasteiger partial charge in [-0.15, -0.1) is 0 Å². The minimum Gasteiger partial charge on any atom is -0.397 e. The minimum atomic E-state index is 0.623. The van der Waals surface area contributed by atoms with Crippen LogP contribution in [0.15, 0.2) is 12.1 Å². The van der Waals surface area contributed by atoms with Crippen LogP contribution in [-0.4, -0.2) is 6.04 Å². The largest absolute Gasteiger partial charge is 0.397 e. The maximum Gasteiger partial charge on any atom is 0.0605 e. The quantitative estimate of drug-likeness (QED) is 0.744. The van der Waals surface area contributed by atoms with E-state index in [1.807, 2.05) is 0 Å². The zero-order valence-corrected chi connectivity index (χ0v) is 10.3. The van der Waals surface area contributed by atoms with E-state index in [-0.39, 0.29) is 0 Å². The second-order valence-corrected chi connectivity index (χ2v) is 5.03. The van der Waals surface area contributed by atoms with E-state index in [9.17, 15) is 0 Å². The number of anilines is 2. The molecule has 3 N–H and O–H groups in total. The summed E-state index contributed by atoms with van der Waals surface area (Å²) < 4.78 is 0. The van der Waals surface area contributed by atoms with Gasteiger partial charge in [0.2, 0.25) is 0 Å². The van der Waals surface area contributed by atoms with Crippen molar-refractivity contribution in [2.24, 2.45) is 0 Å². The molecule has 0 amide bonds. The van der Waals surface area contributed by atoms with Crippen LogP contribution < -0.4 is 11.1 Å². The number of hydrogen-bond donors (Lipinski definition) is 2. The zero-order valence-electron chi connectivity index (χ0n) is 10.3. The molecule has 2 heteroatoms. The SMILES string of the molecule is Cc1cc(C)c(NC2CCCCC2)c(N)c1. The summed E-state index contributed by atoms with van der Waals surface area (Å²) in [7, 11) is 0. The molecule has 0 atom stereocenters. The average Bonchev–Trinajstić information content (AvgIpc) is 2.25. The first-order chi connectivity index (χ1) is 7.66. The van der Waals surface area contributed by atoms with Crippen molar-refractivity contribution in [3.8, 4) is 0 Å². The number of aryl methyl sites for hydroxylation is 2. The fourth-order valence-corrected chi connectivity index (χ4v) is 2.65. The molecule has 0 aromatic heterocycles. The van der Waals surface area contributed by atoms with Gasteiger partial charge in [0.25, 0.3) is 0 Å². The summed E-state index contributed by atoms with van der Waals surface area (Å²) in [5, 5.41) is 3.62. The van der Waals surface area contributed by atoms with Gasteiger partial charge in [0.15, 0.2) is 0 Å². The number of rotatable bonds is 2. The van der Waals surface area contributed by atoms with Crippen LogP contribution >= 0.6 is 0 Å². The molecule has 88 valence electrons. The molecule has 0 radical (unpaired) electrons. The Kier molecular flexibility index (Phi) is 3.37. The maximum atomic E-state index is 6.08. The summed E-state index contributed by atoms with van der Waals surface area (Å²) in [5.41, 5.74) is 10.6. The van der Waals surface area contributed by atoms with Gasteiger partial charge in [-0.05, 0) is 43.9 Å². The number of hydrogen-bond acceptors (Lipinski definition) is 2. The van der Waals surface area contributed by atoms with Crippen LogP contribution in [0, 0.1) is 13.8 Å². The highest BCUT2D eigenvalue weighted by Gasteiger charge is 2.15. The molecule has 0 saturated heterocycles. The molecular formula is C14H22N2. The summed E-state index contributed by atoms with van der Waals surface area (Å²) >= 11 is 0. The topological polar surface area (TPSA) is 38.0 Å². The molecule has 1 aliphatic carbocycles. The van der Waals surface area contributed by atoms with E-state index in [2.05, 4.69) is 31.3 Å². The van der Waals surface area contributed by atoms with Gasteiger partial charge < -0.3 is 11.1 Å². The Morgan fingerprint density at radius 1 is 1.12 bits per heavy atom. The molecule has 0 bridgehead atoms. The van der Waals surface area contributed by atoms with E-state index in [1.54, 1.807) is 0 Å². The van der Waals surface area contributed by atoms with Gasteiger partial charge in [-0.3, -0.25) is 0 Å². The van der Waals surface area contributed by atoms with Gasteiger partial charge in [0.05, 0.1) is 11.4 Å². The van der Waals surface area contributed by atoms with Crippen LogP contribution in [-0.2, 0) is 0 Å². The van der Waals surface area contributed by atoms with E-state index in [0.717, 1.165) is 11.4 Å². The van der Waals surface area contributed by atoms with Gasteiger partial charge in [0.1, 0.15) is 0 Å². The summed E-state index contributed by atoms with van der Waals surface area (Å²) in [4.78, 5) is 0. The van der Waals surface area contributed by atoms with E-state index in [0.29, 0.717) is 6.04 Å². The first-order valence-corrected chi connectivity index (χ1v) is 6.30. The van der Waals surface area contributed by atoms with Crippen molar-refractivity contribution in [2.45, 2.75) is 52.0 Å². The zero-order chi connectivity index (χ0) is 11.5. The number of nitrogens with two attached hydrogens (primary N) is 1. The summed E-state index contributed by atoms with van der Waals surface area (Å²) in [6.07, 6.45) is 6.66. The predicted octanol–water partition coefficient (Wildman–Crippen LogP) is 3.63.